The molecule has 5 heteroatoms. The summed E-state index contributed by atoms with van der Waals surface area (Å²) in [4.78, 5) is 13.7. The van der Waals surface area contributed by atoms with Crippen molar-refractivity contribution in [1.82, 2.24) is 10.6 Å². The van der Waals surface area contributed by atoms with Gasteiger partial charge < -0.3 is 15.5 Å². The molecule has 0 atom stereocenters. The van der Waals surface area contributed by atoms with Crippen LogP contribution in [0.1, 0.15) is 0 Å². The van der Waals surface area contributed by atoms with Crippen molar-refractivity contribution in [3.8, 4) is 0 Å². The average Bonchev–Trinajstić information content (AvgIpc) is 2.27. The number of anilines is 1. The molecule has 100 valence electrons. The normalized spacial score (nSPS) is 14.3. The van der Waals surface area contributed by atoms with E-state index >= 15 is 0 Å². The minimum Gasteiger partial charge on any atom is -0.373 e. The van der Waals surface area contributed by atoms with Crippen LogP contribution < -0.4 is 15.5 Å². The number of para-hydroxylation sites is 1. The summed E-state index contributed by atoms with van der Waals surface area (Å²) >= 11 is 0. The predicted octanol–water partition coefficient (Wildman–Crippen LogP) is 0.880. The molecule has 1 aliphatic heterocycles. The second kappa shape index (κ2) is 7.24. The van der Waals surface area contributed by atoms with Gasteiger partial charge in [0.25, 0.3) is 0 Å². The van der Waals surface area contributed by atoms with Crippen LogP contribution in [-0.2, 0) is 4.79 Å². The fourth-order valence-corrected chi connectivity index (χ4v) is 1.78. The molecular formula is C13H20ClN3O. The van der Waals surface area contributed by atoms with E-state index in [1.807, 2.05) is 25.2 Å². The molecule has 0 spiro atoms. The van der Waals surface area contributed by atoms with Crippen LogP contribution in [0.5, 0.6) is 0 Å². The molecule has 18 heavy (non-hydrogen) atoms. The number of likely N-dealkylation sites (N-methyl/N-ethyl adjacent to an activating group) is 1. The molecule has 4 nitrogen and oxygen atoms in total. The van der Waals surface area contributed by atoms with E-state index < -0.39 is 0 Å². The number of hydrogen-bond acceptors (Lipinski definition) is 3. The lowest BCUT2D eigenvalue weighted by atomic mass is 10.0. The van der Waals surface area contributed by atoms with Crippen LogP contribution in [0.15, 0.2) is 30.3 Å². The second-order valence-electron chi connectivity index (χ2n) is 4.40. The number of benzene rings is 1. The Kier molecular flexibility index (Phi) is 5.95. The molecule has 2 N–H and O–H groups in total. The van der Waals surface area contributed by atoms with Crippen LogP contribution in [0.2, 0.25) is 0 Å². The first-order valence-electron chi connectivity index (χ1n) is 6.02. The molecule has 0 radical (unpaired) electrons. The number of nitrogens with zero attached hydrogens (tertiary/aromatic N) is 1. The summed E-state index contributed by atoms with van der Waals surface area (Å²) in [5.41, 5.74) is 1.17. The monoisotopic (exact) mass is 269 g/mol. The highest BCUT2D eigenvalue weighted by atomic mass is 35.5. The molecule has 1 amide bonds. The van der Waals surface area contributed by atoms with Crippen molar-refractivity contribution in [2.24, 2.45) is 5.92 Å². The van der Waals surface area contributed by atoms with Gasteiger partial charge in [-0.25, -0.2) is 0 Å². The van der Waals surface area contributed by atoms with E-state index in [-0.39, 0.29) is 24.2 Å². The van der Waals surface area contributed by atoms with Gasteiger partial charge in [0, 0.05) is 38.9 Å². The lowest BCUT2D eigenvalue weighted by molar-refractivity contribution is -0.126. The second-order valence-corrected chi connectivity index (χ2v) is 4.40. The van der Waals surface area contributed by atoms with Gasteiger partial charge >= 0.3 is 0 Å². The van der Waals surface area contributed by atoms with Crippen LogP contribution in [0.3, 0.4) is 0 Å². The minimum absolute atomic E-state index is 0. The van der Waals surface area contributed by atoms with Crippen LogP contribution in [0.4, 0.5) is 5.69 Å². The Balaban J connectivity index is 0.00000162. The average molecular weight is 270 g/mol. The maximum atomic E-state index is 11.6. The topological polar surface area (TPSA) is 44.4 Å². The third-order valence-corrected chi connectivity index (χ3v) is 3.10. The van der Waals surface area contributed by atoms with Gasteiger partial charge in [-0.15, -0.1) is 12.4 Å². The Morgan fingerprint density at radius 3 is 2.61 bits per heavy atom. The standard InChI is InChI=1S/C13H19N3O.ClH/c1-16(12-5-3-2-4-6-12)8-7-15-13(17)11-9-14-10-11;/h2-6,11,14H,7-10H2,1H3,(H,15,17);1H. The molecule has 1 heterocycles. The Hall–Kier alpha value is -1.26. The number of rotatable bonds is 5. The summed E-state index contributed by atoms with van der Waals surface area (Å²) in [7, 11) is 2.03. The molecule has 1 fully saturated rings. The van der Waals surface area contributed by atoms with Crippen molar-refractivity contribution in [3.63, 3.8) is 0 Å². The van der Waals surface area contributed by atoms with Gasteiger partial charge in [0.2, 0.25) is 5.91 Å². The maximum Gasteiger partial charge on any atom is 0.225 e. The molecular weight excluding hydrogens is 250 g/mol. The molecule has 1 saturated heterocycles. The van der Waals surface area contributed by atoms with Gasteiger partial charge in [0.15, 0.2) is 0 Å². The van der Waals surface area contributed by atoms with E-state index in [4.69, 9.17) is 0 Å². The maximum absolute atomic E-state index is 11.6. The van der Waals surface area contributed by atoms with Crippen LogP contribution in [0.25, 0.3) is 0 Å². The van der Waals surface area contributed by atoms with E-state index in [9.17, 15) is 4.79 Å². The largest absolute Gasteiger partial charge is 0.373 e. The zero-order valence-corrected chi connectivity index (χ0v) is 11.4. The summed E-state index contributed by atoms with van der Waals surface area (Å²) in [5, 5.41) is 6.06. The summed E-state index contributed by atoms with van der Waals surface area (Å²) in [5.74, 6) is 0.349. The number of hydrogen-bond donors (Lipinski definition) is 2. The van der Waals surface area contributed by atoms with Crippen LogP contribution in [0, 0.1) is 5.92 Å². The van der Waals surface area contributed by atoms with E-state index in [0.29, 0.717) is 6.54 Å². The molecule has 0 bridgehead atoms. The lowest BCUT2D eigenvalue weighted by Gasteiger charge is -2.26. The number of carbonyl (C=O) groups excluding carboxylic acids is 1. The molecule has 0 aliphatic carbocycles. The number of nitrogens with one attached hydrogen (secondary N) is 2. The van der Waals surface area contributed by atoms with Gasteiger partial charge in [-0.1, -0.05) is 18.2 Å². The zero-order chi connectivity index (χ0) is 12.1. The highest BCUT2D eigenvalue weighted by Gasteiger charge is 2.24. The lowest BCUT2D eigenvalue weighted by Crippen LogP contribution is -2.51. The Morgan fingerprint density at radius 1 is 1.39 bits per heavy atom. The fourth-order valence-electron chi connectivity index (χ4n) is 1.78. The van der Waals surface area contributed by atoms with Crippen LogP contribution in [-0.4, -0.2) is 39.1 Å². The molecule has 1 aromatic carbocycles. The van der Waals surface area contributed by atoms with Crippen molar-refractivity contribution < 1.29 is 4.79 Å². The van der Waals surface area contributed by atoms with Crippen molar-refractivity contribution in [1.29, 1.82) is 0 Å². The van der Waals surface area contributed by atoms with Crippen molar-refractivity contribution in [2.75, 3.05) is 38.1 Å². The molecule has 1 aromatic rings. The highest BCUT2D eigenvalue weighted by Crippen LogP contribution is 2.09. The Morgan fingerprint density at radius 2 is 2.06 bits per heavy atom. The molecule has 1 aliphatic rings. The number of amides is 1. The first kappa shape index (κ1) is 14.8. The van der Waals surface area contributed by atoms with Gasteiger partial charge in [-0.2, -0.15) is 0 Å². The summed E-state index contributed by atoms with van der Waals surface area (Å²) < 4.78 is 0. The Bertz CT molecular complexity index is 368. The van der Waals surface area contributed by atoms with Gasteiger partial charge in [-0.05, 0) is 12.1 Å². The van der Waals surface area contributed by atoms with Gasteiger partial charge in [0.1, 0.15) is 0 Å². The first-order chi connectivity index (χ1) is 8.27. The molecule has 0 unspecified atom stereocenters. The van der Waals surface area contributed by atoms with E-state index in [1.54, 1.807) is 0 Å². The van der Waals surface area contributed by atoms with Crippen LogP contribution >= 0.6 is 12.4 Å². The summed E-state index contributed by atoms with van der Waals surface area (Å²) in [6.45, 7) is 3.16. The van der Waals surface area contributed by atoms with E-state index in [2.05, 4.69) is 27.7 Å². The van der Waals surface area contributed by atoms with Crippen molar-refractivity contribution in [2.45, 2.75) is 0 Å². The summed E-state index contributed by atoms with van der Waals surface area (Å²) in [6.07, 6.45) is 0. The minimum atomic E-state index is 0. The first-order valence-corrected chi connectivity index (χ1v) is 6.02. The predicted molar refractivity (Wildman–Crippen MR) is 76.3 cm³/mol. The number of carbonyl (C=O) groups is 1. The summed E-state index contributed by atoms with van der Waals surface area (Å²) in [6, 6.07) is 10.2. The SMILES string of the molecule is CN(CCNC(=O)C1CNC1)c1ccccc1.Cl. The smallest absolute Gasteiger partial charge is 0.225 e. The molecule has 2 rings (SSSR count). The van der Waals surface area contributed by atoms with Crippen molar-refractivity contribution >= 4 is 24.0 Å². The van der Waals surface area contributed by atoms with Gasteiger partial charge in [-0.3, -0.25) is 4.79 Å². The third-order valence-electron chi connectivity index (χ3n) is 3.10. The van der Waals surface area contributed by atoms with E-state index in [1.165, 1.54) is 5.69 Å². The third kappa shape index (κ3) is 3.89. The van der Waals surface area contributed by atoms with Gasteiger partial charge in [0.05, 0.1) is 5.92 Å². The highest BCUT2D eigenvalue weighted by molar-refractivity contribution is 5.85. The quantitative estimate of drug-likeness (QED) is 0.834. The Labute approximate surface area is 114 Å². The number of halogens is 1. The fraction of sp³-hybridized carbons (Fsp3) is 0.462. The molecule has 0 saturated carbocycles. The molecule has 0 aromatic heterocycles. The zero-order valence-electron chi connectivity index (χ0n) is 10.6. The van der Waals surface area contributed by atoms with E-state index in [0.717, 1.165) is 19.6 Å². The van der Waals surface area contributed by atoms with Crippen molar-refractivity contribution in [3.05, 3.63) is 30.3 Å².